The summed E-state index contributed by atoms with van der Waals surface area (Å²) in [6.07, 6.45) is 0. The van der Waals surface area contributed by atoms with E-state index in [1.54, 1.807) is 20.0 Å². The van der Waals surface area contributed by atoms with Crippen LogP contribution in [0.1, 0.15) is 16.2 Å². The van der Waals surface area contributed by atoms with Crippen LogP contribution < -0.4 is 5.56 Å². The Morgan fingerprint density at radius 2 is 2.00 bits per heavy atom. The molecule has 0 unspecified atom stereocenters. The number of pyridine rings is 1. The molecule has 2 N–H and O–H groups in total. The Hall–Kier alpha value is -2.57. The number of hydrogen-bond donors (Lipinski definition) is 2. The van der Waals surface area contributed by atoms with Crippen molar-refractivity contribution in [1.29, 1.82) is 0 Å². The highest BCUT2D eigenvalue weighted by Crippen LogP contribution is 2.13. The van der Waals surface area contributed by atoms with Gasteiger partial charge in [0, 0.05) is 30.9 Å². The number of carbonyl (C=O) groups is 1. The molecule has 18 heavy (non-hydrogen) atoms. The number of rotatable bonds is 2. The normalized spacial score (nSPS) is 10.6. The SMILES string of the molecule is Cc1cc(-n2c(C(=O)O)cc(O)cc2=O)nn1C. The molecule has 2 rings (SSSR count). The van der Waals surface area contributed by atoms with E-state index in [1.165, 1.54) is 4.68 Å². The Bertz CT molecular complexity index is 665. The number of aromatic carboxylic acids is 1. The van der Waals surface area contributed by atoms with Crippen molar-refractivity contribution >= 4 is 5.97 Å². The third-order valence-corrected chi connectivity index (χ3v) is 2.57. The van der Waals surface area contributed by atoms with Gasteiger partial charge in [-0.1, -0.05) is 0 Å². The van der Waals surface area contributed by atoms with Gasteiger partial charge in [0.05, 0.1) is 0 Å². The van der Waals surface area contributed by atoms with E-state index in [2.05, 4.69) is 5.10 Å². The zero-order chi connectivity index (χ0) is 13.4. The number of aromatic nitrogens is 3. The largest absolute Gasteiger partial charge is 0.508 e. The second-order valence-corrected chi connectivity index (χ2v) is 3.85. The molecule has 7 nitrogen and oxygen atoms in total. The van der Waals surface area contributed by atoms with Gasteiger partial charge in [-0.2, -0.15) is 5.10 Å². The molecule has 0 saturated carbocycles. The monoisotopic (exact) mass is 249 g/mol. The first-order chi connectivity index (χ1) is 8.40. The Kier molecular flexibility index (Phi) is 2.66. The van der Waals surface area contributed by atoms with E-state index in [0.29, 0.717) is 0 Å². The first-order valence-corrected chi connectivity index (χ1v) is 5.10. The van der Waals surface area contributed by atoms with Crippen LogP contribution in [0.5, 0.6) is 5.75 Å². The van der Waals surface area contributed by atoms with Crippen LogP contribution in [0, 0.1) is 6.92 Å². The Labute approximate surface area is 102 Å². The maximum Gasteiger partial charge on any atom is 0.353 e. The minimum atomic E-state index is -1.31. The van der Waals surface area contributed by atoms with E-state index < -0.39 is 11.5 Å². The summed E-state index contributed by atoms with van der Waals surface area (Å²) in [7, 11) is 1.69. The fourth-order valence-electron chi connectivity index (χ4n) is 1.60. The minimum Gasteiger partial charge on any atom is -0.508 e. The van der Waals surface area contributed by atoms with E-state index >= 15 is 0 Å². The van der Waals surface area contributed by atoms with Crippen molar-refractivity contribution in [3.05, 3.63) is 39.9 Å². The molecule has 7 heteroatoms. The van der Waals surface area contributed by atoms with E-state index in [1.807, 2.05) is 0 Å². The molecule has 2 aromatic heterocycles. The molecule has 0 aliphatic rings. The molecule has 0 spiro atoms. The molecule has 0 atom stereocenters. The van der Waals surface area contributed by atoms with Gasteiger partial charge in [0.2, 0.25) is 0 Å². The molecule has 0 aliphatic carbocycles. The molecule has 2 heterocycles. The van der Waals surface area contributed by atoms with Gasteiger partial charge in [0.1, 0.15) is 11.4 Å². The van der Waals surface area contributed by atoms with Gasteiger partial charge in [-0.25, -0.2) is 4.79 Å². The summed E-state index contributed by atoms with van der Waals surface area (Å²) in [5.74, 6) is -1.50. The summed E-state index contributed by atoms with van der Waals surface area (Å²) >= 11 is 0. The maximum absolute atomic E-state index is 11.8. The molecule has 0 saturated heterocycles. The Morgan fingerprint density at radius 3 is 2.50 bits per heavy atom. The van der Waals surface area contributed by atoms with Crippen LogP contribution in [-0.4, -0.2) is 30.5 Å². The molecule has 0 amide bonds. The summed E-state index contributed by atoms with van der Waals surface area (Å²) in [5.41, 5.74) is -0.204. The van der Waals surface area contributed by atoms with Crippen molar-refractivity contribution in [2.45, 2.75) is 6.92 Å². The van der Waals surface area contributed by atoms with Crippen LogP contribution in [0.4, 0.5) is 0 Å². The van der Waals surface area contributed by atoms with Crippen molar-refractivity contribution in [2.75, 3.05) is 0 Å². The fraction of sp³-hybridized carbons (Fsp3) is 0.182. The summed E-state index contributed by atoms with van der Waals surface area (Å²) in [6, 6.07) is 3.54. The Morgan fingerprint density at radius 1 is 1.33 bits per heavy atom. The van der Waals surface area contributed by atoms with Crippen LogP contribution in [0.2, 0.25) is 0 Å². The number of nitrogens with zero attached hydrogens (tertiary/aromatic N) is 3. The van der Waals surface area contributed by atoms with Crippen molar-refractivity contribution in [3.63, 3.8) is 0 Å². The predicted molar refractivity (Wildman–Crippen MR) is 62.2 cm³/mol. The molecular formula is C11H11N3O4. The standard InChI is InChI=1S/C11H11N3O4/c1-6-3-9(12-13(6)2)14-8(11(17)18)4-7(15)5-10(14)16/h3-5,15H,1-2H3,(H,17,18). The topological polar surface area (TPSA) is 97.3 Å². The van der Waals surface area contributed by atoms with Crippen LogP contribution in [0.3, 0.4) is 0 Å². The zero-order valence-electron chi connectivity index (χ0n) is 9.78. The molecular weight excluding hydrogens is 238 g/mol. The molecule has 0 bridgehead atoms. The first kappa shape index (κ1) is 11.9. The lowest BCUT2D eigenvalue weighted by molar-refractivity contribution is 0.0686. The average molecular weight is 249 g/mol. The lowest BCUT2D eigenvalue weighted by atomic mass is 10.3. The van der Waals surface area contributed by atoms with E-state index in [0.717, 1.165) is 22.4 Å². The third kappa shape index (κ3) is 1.86. The quantitative estimate of drug-likeness (QED) is 0.796. The summed E-state index contributed by atoms with van der Waals surface area (Å²) < 4.78 is 2.47. The highest BCUT2D eigenvalue weighted by molar-refractivity contribution is 5.86. The van der Waals surface area contributed by atoms with Crippen molar-refractivity contribution < 1.29 is 15.0 Å². The highest BCUT2D eigenvalue weighted by Gasteiger charge is 2.16. The minimum absolute atomic E-state index is 0.206. The van der Waals surface area contributed by atoms with Gasteiger partial charge in [-0.05, 0) is 6.92 Å². The average Bonchev–Trinajstić information content (AvgIpc) is 2.57. The number of aromatic hydroxyl groups is 1. The lowest BCUT2D eigenvalue weighted by Crippen LogP contribution is -2.24. The first-order valence-electron chi connectivity index (χ1n) is 5.10. The fourth-order valence-corrected chi connectivity index (χ4v) is 1.60. The molecule has 2 aromatic rings. The van der Waals surface area contributed by atoms with Gasteiger partial charge in [0.15, 0.2) is 5.82 Å². The van der Waals surface area contributed by atoms with Gasteiger partial charge < -0.3 is 10.2 Å². The third-order valence-electron chi connectivity index (χ3n) is 2.57. The van der Waals surface area contributed by atoms with Gasteiger partial charge in [-0.15, -0.1) is 0 Å². The van der Waals surface area contributed by atoms with Crippen LogP contribution >= 0.6 is 0 Å². The van der Waals surface area contributed by atoms with Gasteiger partial charge >= 0.3 is 5.97 Å². The summed E-state index contributed by atoms with van der Waals surface area (Å²) in [6.45, 7) is 1.78. The van der Waals surface area contributed by atoms with Crippen LogP contribution in [-0.2, 0) is 7.05 Å². The summed E-state index contributed by atoms with van der Waals surface area (Å²) in [4.78, 5) is 22.9. The highest BCUT2D eigenvalue weighted by atomic mass is 16.4. The van der Waals surface area contributed by atoms with Gasteiger partial charge in [0.25, 0.3) is 5.56 Å². The van der Waals surface area contributed by atoms with Gasteiger partial charge in [-0.3, -0.25) is 14.0 Å². The molecule has 0 fully saturated rings. The van der Waals surface area contributed by atoms with Crippen LogP contribution in [0.15, 0.2) is 23.0 Å². The number of carboxylic acid groups (broad SMARTS) is 1. The molecule has 0 aliphatic heterocycles. The second kappa shape index (κ2) is 4.02. The van der Waals surface area contributed by atoms with Crippen LogP contribution in [0.25, 0.3) is 5.82 Å². The number of hydrogen-bond acceptors (Lipinski definition) is 4. The smallest absolute Gasteiger partial charge is 0.353 e. The number of aryl methyl sites for hydroxylation is 2. The molecule has 94 valence electrons. The van der Waals surface area contributed by atoms with E-state index in [9.17, 15) is 14.7 Å². The molecule has 0 aromatic carbocycles. The zero-order valence-corrected chi connectivity index (χ0v) is 9.78. The van der Waals surface area contributed by atoms with E-state index in [4.69, 9.17) is 5.11 Å². The van der Waals surface area contributed by atoms with Crippen molar-refractivity contribution in [3.8, 4) is 11.6 Å². The van der Waals surface area contributed by atoms with E-state index in [-0.39, 0.29) is 17.3 Å². The maximum atomic E-state index is 11.8. The summed E-state index contributed by atoms with van der Waals surface area (Å²) in [5, 5.41) is 22.4. The van der Waals surface area contributed by atoms with Crippen molar-refractivity contribution in [1.82, 2.24) is 14.3 Å². The van der Waals surface area contributed by atoms with Crippen molar-refractivity contribution in [2.24, 2.45) is 7.05 Å². The lowest BCUT2D eigenvalue weighted by Gasteiger charge is -2.06. The Balaban J connectivity index is 2.77. The molecule has 0 radical (unpaired) electrons. The second-order valence-electron chi connectivity index (χ2n) is 3.85. The predicted octanol–water partition coefficient (Wildman–Crippen LogP) is 0.283. The number of carboxylic acids is 1.